The standard InChI is InChI=1S/C18H18N2O/c1-14-10-11-17(15(13-14)7-6-12-19)18(21)20(2)16-8-4-3-5-9-16/h3-5,8-11,13H,12,19H2,1-2H3. The van der Waals surface area contributed by atoms with E-state index in [-0.39, 0.29) is 12.5 Å². The molecule has 2 rings (SSSR count). The molecule has 2 aromatic carbocycles. The maximum atomic E-state index is 12.7. The van der Waals surface area contributed by atoms with Crippen LogP contribution in [-0.4, -0.2) is 19.5 Å². The molecular weight excluding hydrogens is 260 g/mol. The van der Waals surface area contributed by atoms with Gasteiger partial charge >= 0.3 is 0 Å². The number of rotatable bonds is 2. The van der Waals surface area contributed by atoms with Crippen molar-refractivity contribution in [1.82, 2.24) is 0 Å². The lowest BCUT2D eigenvalue weighted by Gasteiger charge is -2.18. The van der Waals surface area contributed by atoms with Gasteiger partial charge < -0.3 is 10.6 Å². The van der Waals surface area contributed by atoms with Gasteiger partial charge in [0.25, 0.3) is 5.91 Å². The Morgan fingerprint density at radius 3 is 2.57 bits per heavy atom. The molecule has 0 fully saturated rings. The van der Waals surface area contributed by atoms with Gasteiger partial charge in [0.05, 0.1) is 12.1 Å². The molecule has 0 unspecified atom stereocenters. The normalized spacial score (nSPS) is 9.67. The average molecular weight is 278 g/mol. The molecule has 0 spiro atoms. The molecule has 0 heterocycles. The van der Waals surface area contributed by atoms with E-state index in [4.69, 9.17) is 5.73 Å². The number of nitrogens with zero attached hydrogens (tertiary/aromatic N) is 1. The second-order valence-electron chi connectivity index (χ2n) is 4.75. The predicted molar refractivity (Wildman–Crippen MR) is 86.3 cm³/mol. The van der Waals surface area contributed by atoms with Gasteiger partial charge in [-0.15, -0.1) is 0 Å². The Hall–Kier alpha value is -2.57. The Bertz CT molecular complexity index is 696. The van der Waals surface area contributed by atoms with Crippen LogP contribution in [0.1, 0.15) is 21.5 Å². The second kappa shape index (κ2) is 6.74. The molecule has 3 heteroatoms. The van der Waals surface area contributed by atoms with Crippen LogP contribution in [-0.2, 0) is 0 Å². The first-order valence-corrected chi connectivity index (χ1v) is 6.76. The quantitative estimate of drug-likeness (QED) is 0.858. The molecule has 3 nitrogen and oxygen atoms in total. The first-order valence-electron chi connectivity index (χ1n) is 6.76. The Labute approximate surface area is 125 Å². The number of aryl methyl sites for hydroxylation is 1. The molecule has 0 aliphatic carbocycles. The van der Waals surface area contributed by atoms with Crippen LogP contribution in [0, 0.1) is 18.8 Å². The van der Waals surface area contributed by atoms with Crippen LogP contribution in [0.15, 0.2) is 48.5 Å². The van der Waals surface area contributed by atoms with E-state index in [1.54, 1.807) is 11.9 Å². The van der Waals surface area contributed by atoms with Gasteiger partial charge in [-0.25, -0.2) is 0 Å². The van der Waals surface area contributed by atoms with Gasteiger partial charge in [-0.3, -0.25) is 4.79 Å². The summed E-state index contributed by atoms with van der Waals surface area (Å²) in [6.45, 7) is 2.25. The maximum Gasteiger partial charge on any atom is 0.259 e. The van der Waals surface area contributed by atoms with Crippen LogP contribution in [0.4, 0.5) is 5.69 Å². The zero-order valence-corrected chi connectivity index (χ0v) is 12.3. The number of hydrogen-bond acceptors (Lipinski definition) is 2. The summed E-state index contributed by atoms with van der Waals surface area (Å²) in [5.74, 6) is 5.71. The first kappa shape index (κ1) is 14.8. The summed E-state index contributed by atoms with van der Waals surface area (Å²) >= 11 is 0. The largest absolute Gasteiger partial charge is 0.320 e. The number of carbonyl (C=O) groups excluding carboxylic acids is 1. The predicted octanol–water partition coefficient (Wildman–Crippen LogP) is 2.58. The highest BCUT2D eigenvalue weighted by Gasteiger charge is 2.16. The first-order chi connectivity index (χ1) is 10.1. The van der Waals surface area contributed by atoms with Crippen LogP contribution in [0.25, 0.3) is 0 Å². The number of para-hydroxylation sites is 1. The maximum absolute atomic E-state index is 12.7. The summed E-state index contributed by atoms with van der Waals surface area (Å²) < 4.78 is 0. The van der Waals surface area contributed by atoms with E-state index in [0.29, 0.717) is 11.1 Å². The molecule has 106 valence electrons. The monoisotopic (exact) mass is 278 g/mol. The highest BCUT2D eigenvalue weighted by atomic mass is 16.2. The van der Waals surface area contributed by atoms with Crippen molar-refractivity contribution in [2.45, 2.75) is 6.92 Å². The van der Waals surface area contributed by atoms with Crippen LogP contribution >= 0.6 is 0 Å². The van der Waals surface area contributed by atoms with Gasteiger partial charge in [0.15, 0.2) is 0 Å². The fraction of sp³-hybridized carbons (Fsp3) is 0.167. The summed E-state index contributed by atoms with van der Waals surface area (Å²) in [5, 5.41) is 0. The average Bonchev–Trinajstić information content (AvgIpc) is 2.52. The molecule has 2 N–H and O–H groups in total. The molecule has 0 saturated heterocycles. The van der Waals surface area contributed by atoms with Crippen molar-refractivity contribution in [3.63, 3.8) is 0 Å². The number of hydrogen-bond donors (Lipinski definition) is 1. The summed E-state index contributed by atoms with van der Waals surface area (Å²) in [5.41, 5.74) is 8.64. The van der Waals surface area contributed by atoms with Crippen molar-refractivity contribution in [3.8, 4) is 11.8 Å². The summed E-state index contributed by atoms with van der Waals surface area (Å²) in [7, 11) is 1.76. The van der Waals surface area contributed by atoms with E-state index in [1.807, 2.05) is 55.5 Å². The van der Waals surface area contributed by atoms with Gasteiger partial charge in [-0.05, 0) is 36.8 Å². The minimum absolute atomic E-state index is 0.0810. The Morgan fingerprint density at radius 1 is 1.19 bits per heavy atom. The molecule has 0 aromatic heterocycles. The van der Waals surface area contributed by atoms with E-state index in [0.717, 1.165) is 11.3 Å². The van der Waals surface area contributed by atoms with E-state index in [1.165, 1.54) is 0 Å². The fourth-order valence-electron chi connectivity index (χ4n) is 2.04. The highest BCUT2D eigenvalue weighted by molar-refractivity contribution is 6.07. The molecule has 2 aromatic rings. The van der Waals surface area contributed by atoms with Crippen LogP contribution in [0.3, 0.4) is 0 Å². The zero-order valence-electron chi connectivity index (χ0n) is 12.3. The van der Waals surface area contributed by atoms with Crippen LogP contribution < -0.4 is 10.6 Å². The van der Waals surface area contributed by atoms with Crippen molar-refractivity contribution in [2.75, 3.05) is 18.5 Å². The van der Waals surface area contributed by atoms with E-state index in [9.17, 15) is 4.79 Å². The van der Waals surface area contributed by atoms with Crippen molar-refractivity contribution in [1.29, 1.82) is 0 Å². The molecule has 0 saturated carbocycles. The Morgan fingerprint density at radius 2 is 1.90 bits per heavy atom. The molecule has 0 bridgehead atoms. The third-order valence-electron chi connectivity index (χ3n) is 3.18. The SMILES string of the molecule is Cc1ccc(C(=O)N(C)c2ccccc2)c(C#CCN)c1. The van der Waals surface area contributed by atoms with Gasteiger partial charge in [0, 0.05) is 18.3 Å². The van der Waals surface area contributed by atoms with Crippen molar-refractivity contribution in [2.24, 2.45) is 5.73 Å². The third kappa shape index (κ3) is 3.50. The van der Waals surface area contributed by atoms with Gasteiger partial charge in [-0.2, -0.15) is 0 Å². The van der Waals surface area contributed by atoms with Gasteiger partial charge in [-0.1, -0.05) is 36.1 Å². The topological polar surface area (TPSA) is 46.3 Å². The number of amides is 1. The van der Waals surface area contributed by atoms with Crippen LogP contribution in [0.2, 0.25) is 0 Å². The van der Waals surface area contributed by atoms with E-state index >= 15 is 0 Å². The lowest BCUT2D eigenvalue weighted by molar-refractivity contribution is 0.0993. The number of anilines is 1. The lowest BCUT2D eigenvalue weighted by Crippen LogP contribution is -2.27. The number of nitrogens with two attached hydrogens (primary N) is 1. The Kier molecular flexibility index (Phi) is 4.76. The van der Waals surface area contributed by atoms with Gasteiger partial charge in [0.1, 0.15) is 0 Å². The summed E-state index contributed by atoms with van der Waals surface area (Å²) in [4.78, 5) is 14.3. The molecule has 0 radical (unpaired) electrons. The zero-order chi connectivity index (χ0) is 15.2. The van der Waals surface area contributed by atoms with Crippen molar-refractivity contribution >= 4 is 11.6 Å². The van der Waals surface area contributed by atoms with Gasteiger partial charge in [0.2, 0.25) is 0 Å². The fourth-order valence-corrected chi connectivity index (χ4v) is 2.04. The lowest BCUT2D eigenvalue weighted by atomic mass is 10.0. The molecule has 0 atom stereocenters. The molecule has 21 heavy (non-hydrogen) atoms. The van der Waals surface area contributed by atoms with E-state index < -0.39 is 0 Å². The minimum atomic E-state index is -0.0810. The molecule has 0 aliphatic heterocycles. The molecular formula is C18H18N2O. The van der Waals surface area contributed by atoms with Crippen molar-refractivity contribution < 1.29 is 4.79 Å². The highest BCUT2D eigenvalue weighted by Crippen LogP contribution is 2.18. The number of carbonyl (C=O) groups is 1. The summed E-state index contributed by atoms with van der Waals surface area (Å²) in [6.07, 6.45) is 0. The summed E-state index contributed by atoms with van der Waals surface area (Å²) in [6, 6.07) is 15.2. The third-order valence-corrected chi connectivity index (χ3v) is 3.18. The van der Waals surface area contributed by atoms with Crippen LogP contribution in [0.5, 0.6) is 0 Å². The smallest absolute Gasteiger partial charge is 0.259 e. The molecule has 0 aliphatic rings. The number of benzene rings is 2. The minimum Gasteiger partial charge on any atom is -0.320 e. The van der Waals surface area contributed by atoms with Crippen molar-refractivity contribution in [3.05, 3.63) is 65.2 Å². The Balaban J connectivity index is 2.39. The molecule has 1 amide bonds. The van der Waals surface area contributed by atoms with E-state index in [2.05, 4.69) is 11.8 Å². The second-order valence-corrected chi connectivity index (χ2v) is 4.75.